The van der Waals surface area contributed by atoms with Gasteiger partial charge in [-0.05, 0) is 93.2 Å². The van der Waals surface area contributed by atoms with Gasteiger partial charge >= 0.3 is 0 Å². The zero-order chi connectivity index (χ0) is 30.1. The van der Waals surface area contributed by atoms with Crippen LogP contribution in [0.25, 0.3) is 53.2 Å². The van der Waals surface area contributed by atoms with Gasteiger partial charge in [0, 0.05) is 42.5 Å². The molecule has 0 aliphatic heterocycles. The molecule has 9 rings (SSSR count). The average Bonchev–Trinajstić information content (AvgIpc) is 3.56. The van der Waals surface area contributed by atoms with Crippen LogP contribution in [0.1, 0.15) is 25.0 Å². The van der Waals surface area contributed by atoms with Crippen LogP contribution in [0.4, 0.5) is 17.1 Å². The lowest BCUT2D eigenvalue weighted by Gasteiger charge is -2.29. The maximum atomic E-state index is 2.47. The first-order valence-electron chi connectivity index (χ1n) is 15.6. The van der Waals surface area contributed by atoms with Crippen molar-refractivity contribution < 1.29 is 0 Å². The van der Waals surface area contributed by atoms with Crippen molar-refractivity contribution in [3.8, 4) is 22.3 Å². The topological polar surface area (TPSA) is 3.24 Å². The molecule has 1 heterocycles. The SMILES string of the molecule is CC1(C)c2cc3ccccc3cc2-c2c(N(c3ccc(-c4ccccc4)cc3)c3ccc4sc5ccccc5c4c3)cccc21. The molecule has 0 saturated carbocycles. The van der Waals surface area contributed by atoms with Gasteiger partial charge in [-0.2, -0.15) is 0 Å². The van der Waals surface area contributed by atoms with Crippen LogP contribution in [-0.4, -0.2) is 0 Å². The maximum Gasteiger partial charge on any atom is 0.0543 e. The molecule has 1 nitrogen and oxygen atoms in total. The summed E-state index contributed by atoms with van der Waals surface area (Å²) >= 11 is 1.87. The fraction of sp³-hybridized carbons (Fsp3) is 0.0698. The monoisotopic (exact) mass is 593 g/mol. The lowest BCUT2D eigenvalue weighted by Crippen LogP contribution is -2.16. The maximum absolute atomic E-state index is 2.47. The molecule has 0 spiro atoms. The molecule has 214 valence electrons. The summed E-state index contributed by atoms with van der Waals surface area (Å²) < 4.78 is 2.64. The van der Waals surface area contributed by atoms with Gasteiger partial charge < -0.3 is 4.90 Å². The molecule has 0 fully saturated rings. The van der Waals surface area contributed by atoms with Crippen molar-refractivity contribution in [1.82, 2.24) is 0 Å². The Kier molecular flexibility index (Phi) is 5.78. The molecule has 45 heavy (non-hydrogen) atoms. The van der Waals surface area contributed by atoms with Crippen LogP contribution >= 0.6 is 11.3 Å². The van der Waals surface area contributed by atoms with Crippen molar-refractivity contribution in [2.45, 2.75) is 19.3 Å². The summed E-state index contributed by atoms with van der Waals surface area (Å²) in [6, 6.07) is 55.9. The molecule has 0 amide bonds. The number of rotatable bonds is 4. The molecule has 2 heteroatoms. The Hall–Kier alpha value is -5.18. The number of benzene rings is 7. The van der Waals surface area contributed by atoms with E-state index in [1.807, 2.05) is 11.3 Å². The summed E-state index contributed by atoms with van der Waals surface area (Å²) in [5.41, 5.74) is 11.3. The first-order chi connectivity index (χ1) is 22.1. The third-order valence-corrected chi connectivity index (χ3v) is 10.8. The standard InChI is InChI=1S/C43H31NS/c1-43(2)37-16-10-17-39(42(37)36-25-30-13-6-7-14-31(30)26-38(36)43)44(32-21-19-29(20-22-32)28-11-4-3-5-12-28)33-23-24-41-35(27-33)34-15-8-9-18-40(34)45-41/h3-27H,1-2H3. The molecular formula is C43H31NS. The zero-order valence-corrected chi connectivity index (χ0v) is 26.1. The van der Waals surface area contributed by atoms with Gasteiger partial charge in [-0.15, -0.1) is 11.3 Å². The second kappa shape index (κ2) is 9.92. The number of fused-ring (bicyclic) bond motifs is 7. The second-order valence-corrected chi connectivity index (χ2v) is 13.7. The zero-order valence-electron chi connectivity index (χ0n) is 25.3. The van der Waals surface area contributed by atoms with Crippen LogP contribution in [0.2, 0.25) is 0 Å². The minimum absolute atomic E-state index is 0.110. The van der Waals surface area contributed by atoms with E-state index in [9.17, 15) is 0 Å². The molecule has 0 N–H and O–H groups in total. The van der Waals surface area contributed by atoms with Crippen LogP contribution in [0.3, 0.4) is 0 Å². The van der Waals surface area contributed by atoms with Gasteiger partial charge in [0.2, 0.25) is 0 Å². The van der Waals surface area contributed by atoms with E-state index in [2.05, 4.69) is 170 Å². The minimum atomic E-state index is -0.110. The third-order valence-electron chi connectivity index (χ3n) is 9.64. The van der Waals surface area contributed by atoms with Gasteiger partial charge in [0.25, 0.3) is 0 Å². The molecule has 1 aromatic heterocycles. The summed E-state index contributed by atoms with van der Waals surface area (Å²) in [5, 5.41) is 5.19. The van der Waals surface area contributed by atoms with Gasteiger partial charge in [-0.3, -0.25) is 0 Å². The summed E-state index contributed by atoms with van der Waals surface area (Å²) in [4.78, 5) is 2.47. The van der Waals surface area contributed by atoms with E-state index < -0.39 is 0 Å². The predicted octanol–water partition coefficient (Wildman–Crippen LogP) is 12.7. The van der Waals surface area contributed by atoms with E-state index in [0.29, 0.717) is 0 Å². The first-order valence-corrected chi connectivity index (χ1v) is 16.4. The molecule has 0 unspecified atom stereocenters. The highest BCUT2D eigenvalue weighted by molar-refractivity contribution is 7.25. The molecule has 1 aliphatic rings. The van der Waals surface area contributed by atoms with Crippen LogP contribution in [0, 0.1) is 0 Å². The highest BCUT2D eigenvalue weighted by Crippen LogP contribution is 2.55. The van der Waals surface area contributed by atoms with Crippen molar-refractivity contribution >= 4 is 59.3 Å². The van der Waals surface area contributed by atoms with Crippen LogP contribution in [0.15, 0.2) is 152 Å². The summed E-state index contributed by atoms with van der Waals surface area (Å²) in [5.74, 6) is 0. The Morgan fingerprint density at radius 3 is 1.98 bits per heavy atom. The molecule has 1 aliphatic carbocycles. The van der Waals surface area contributed by atoms with Crippen molar-refractivity contribution in [2.75, 3.05) is 4.90 Å². The van der Waals surface area contributed by atoms with Gasteiger partial charge in [-0.1, -0.05) is 111 Å². The van der Waals surface area contributed by atoms with E-state index in [0.717, 1.165) is 5.69 Å². The van der Waals surface area contributed by atoms with Gasteiger partial charge in [0.15, 0.2) is 0 Å². The van der Waals surface area contributed by atoms with Crippen LogP contribution in [-0.2, 0) is 5.41 Å². The molecule has 0 radical (unpaired) electrons. The van der Waals surface area contributed by atoms with Crippen LogP contribution in [0.5, 0.6) is 0 Å². The quantitative estimate of drug-likeness (QED) is 0.196. The highest BCUT2D eigenvalue weighted by atomic mass is 32.1. The Balaban J connectivity index is 1.30. The molecule has 8 aromatic rings. The number of nitrogens with zero attached hydrogens (tertiary/aromatic N) is 1. The summed E-state index contributed by atoms with van der Waals surface area (Å²) in [6.45, 7) is 4.75. The van der Waals surface area contributed by atoms with E-state index in [4.69, 9.17) is 0 Å². The highest BCUT2D eigenvalue weighted by Gasteiger charge is 2.38. The van der Waals surface area contributed by atoms with Crippen LogP contribution < -0.4 is 4.90 Å². The molecule has 0 bridgehead atoms. The van der Waals surface area contributed by atoms with E-state index in [1.54, 1.807) is 0 Å². The molecule has 7 aromatic carbocycles. The predicted molar refractivity (Wildman–Crippen MR) is 195 cm³/mol. The summed E-state index contributed by atoms with van der Waals surface area (Å²) in [6.07, 6.45) is 0. The van der Waals surface area contributed by atoms with Crippen molar-refractivity contribution in [3.63, 3.8) is 0 Å². The Morgan fingerprint density at radius 1 is 0.489 bits per heavy atom. The van der Waals surface area contributed by atoms with Gasteiger partial charge in [0.1, 0.15) is 0 Å². The molecule has 0 saturated heterocycles. The number of hydrogen-bond acceptors (Lipinski definition) is 2. The molecule has 0 atom stereocenters. The third kappa shape index (κ3) is 4.06. The number of hydrogen-bond donors (Lipinski definition) is 0. The fourth-order valence-electron chi connectivity index (χ4n) is 7.35. The Bertz CT molecular complexity index is 2400. The smallest absolute Gasteiger partial charge is 0.0543 e. The second-order valence-electron chi connectivity index (χ2n) is 12.6. The van der Waals surface area contributed by atoms with Gasteiger partial charge in [0.05, 0.1) is 5.69 Å². The molecular weight excluding hydrogens is 563 g/mol. The normalized spacial score (nSPS) is 13.3. The number of thiophene rings is 1. The van der Waals surface area contributed by atoms with E-state index >= 15 is 0 Å². The van der Waals surface area contributed by atoms with Gasteiger partial charge in [-0.25, -0.2) is 0 Å². The lowest BCUT2D eigenvalue weighted by molar-refractivity contribution is 0.661. The Labute approximate surface area is 267 Å². The lowest BCUT2D eigenvalue weighted by atomic mass is 9.82. The minimum Gasteiger partial charge on any atom is -0.310 e. The number of anilines is 3. The van der Waals surface area contributed by atoms with Crippen molar-refractivity contribution in [3.05, 3.63) is 163 Å². The van der Waals surface area contributed by atoms with Crippen molar-refractivity contribution in [2.24, 2.45) is 0 Å². The van der Waals surface area contributed by atoms with Crippen molar-refractivity contribution in [1.29, 1.82) is 0 Å². The fourth-order valence-corrected chi connectivity index (χ4v) is 8.44. The van der Waals surface area contributed by atoms with E-state index in [-0.39, 0.29) is 5.41 Å². The Morgan fingerprint density at radius 2 is 1.16 bits per heavy atom. The van der Waals surface area contributed by atoms with E-state index in [1.165, 1.54) is 75.7 Å². The average molecular weight is 594 g/mol. The first kappa shape index (κ1) is 26.2. The largest absolute Gasteiger partial charge is 0.310 e. The summed E-state index contributed by atoms with van der Waals surface area (Å²) in [7, 11) is 0.